The second-order valence-electron chi connectivity index (χ2n) is 4.21. The van der Waals surface area contributed by atoms with E-state index >= 15 is 0 Å². The molecule has 1 heterocycles. The summed E-state index contributed by atoms with van der Waals surface area (Å²) < 4.78 is 4.80. The molecule has 2 aromatic rings. The minimum Gasteiger partial charge on any atom is -0.478 e. The van der Waals surface area contributed by atoms with Crippen molar-refractivity contribution < 1.29 is 19.2 Å². The Morgan fingerprint density at radius 1 is 1.43 bits per heavy atom. The first-order chi connectivity index (χ1) is 10.0. The number of hydrogen-bond donors (Lipinski definition) is 2. The summed E-state index contributed by atoms with van der Waals surface area (Å²) in [6, 6.07) is 6.61. The van der Waals surface area contributed by atoms with Crippen LogP contribution in [-0.2, 0) is 11.3 Å². The third-order valence-corrected chi connectivity index (χ3v) is 2.54. The predicted octanol–water partition coefficient (Wildman–Crippen LogP) is 1.41. The third-order valence-electron chi connectivity index (χ3n) is 2.54. The van der Waals surface area contributed by atoms with Crippen LogP contribution in [0.1, 0.15) is 27.6 Å². The van der Waals surface area contributed by atoms with Crippen LogP contribution < -0.4 is 5.32 Å². The summed E-state index contributed by atoms with van der Waals surface area (Å²) in [6.45, 7) is 1.82. The summed E-state index contributed by atoms with van der Waals surface area (Å²) in [5, 5.41) is 14.9. The summed E-state index contributed by atoms with van der Waals surface area (Å²) >= 11 is 0. The van der Waals surface area contributed by atoms with E-state index in [1.165, 1.54) is 6.08 Å². The number of nitrogens with one attached hydrogen (secondary N) is 1. The fourth-order valence-corrected chi connectivity index (χ4v) is 1.63. The van der Waals surface area contributed by atoms with Gasteiger partial charge in [0.15, 0.2) is 5.82 Å². The fourth-order valence-electron chi connectivity index (χ4n) is 1.63. The number of hydrogen-bond acceptors (Lipinski definition) is 5. The van der Waals surface area contributed by atoms with Crippen LogP contribution in [0.4, 0.5) is 0 Å². The van der Waals surface area contributed by atoms with Crippen LogP contribution in [0, 0.1) is 6.92 Å². The number of aromatic nitrogens is 2. The van der Waals surface area contributed by atoms with E-state index in [-0.39, 0.29) is 12.5 Å². The molecule has 2 N–H and O–H groups in total. The first-order valence-electron chi connectivity index (χ1n) is 6.13. The molecule has 0 spiro atoms. The van der Waals surface area contributed by atoms with Crippen LogP contribution in [0.3, 0.4) is 0 Å². The van der Waals surface area contributed by atoms with Gasteiger partial charge in [-0.15, -0.1) is 0 Å². The van der Waals surface area contributed by atoms with Gasteiger partial charge in [-0.05, 0) is 23.8 Å². The quantitative estimate of drug-likeness (QED) is 0.805. The highest BCUT2D eigenvalue weighted by Gasteiger charge is 2.08. The monoisotopic (exact) mass is 287 g/mol. The molecule has 0 radical (unpaired) electrons. The lowest BCUT2D eigenvalue weighted by atomic mass is 10.1. The number of carboxylic acids is 1. The van der Waals surface area contributed by atoms with E-state index in [0.29, 0.717) is 22.8 Å². The highest BCUT2D eigenvalue weighted by Crippen LogP contribution is 2.07. The number of amides is 1. The van der Waals surface area contributed by atoms with Gasteiger partial charge in [0.2, 0.25) is 5.89 Å². The van der Waals surface area contributed by atoms with E-state index in [2.05, 4.69) is 15.5 Å². The zero-order chi connectivity index (χ0) is 15.2. The Morgan fingerprint density at radius 2 is 2.24 bits per heavy atom. The molecular weight excluding hydrogens is 274 g/mol. The van der Waals surface area contributed by atoms with Crippen LogP contribution in [0.15, 0.2) is 34.9 Å². The van der Waals surface area contributed by atoms with Crippen molar-refractivity contribution in [2.45, 2.75) is 13.5 Å². The highest BCUT2D eigenvalue weighted by molar-refractivity contribution is 5.95. The minimum absolute atomic E-state index is 0.158. The van der Waals surface area contributed by atoms with Gasteiger partial charge in [-0.2, -0.15) is 4.98 Å². The SMILES string of the molecule is Cc1nc(CNC(=O)c2cccc(/C=C/C(=O)O)c2)no1. The van der Waals surface area contributed by atoms with Gasteiger partial charge in [0.1, 0.15) is 0 Å². The zero-order valence-electron chi connectivity index (χ0n) is 11.2. The van der Waals surface area contributed by atoms with Crippen molar-refractivity contribution in [1.82, 2.24) is 15.5 Å². The van der Waals surface area contributed by atoms with E-state index in [4.69, 9.17) is 9.63 Å². The predicted molar refractivity (Wildman–Crippen MR) is 73.3 cm³/mol. The van der Waals surface area contributed by atoms with Gasteiger partial charge in [-0.25, -0.2) is 4.79 Å². The molecule has 0 saturated carbocycles. The van der Waals surface area contributed by atoms with Crippen LogP contribution in [0.25, 0.3) is 6.08 Å². The molecule has 7 heteroatoms. The second kappa shape index (κ2) is 6.47. The normalized spacial score (nSPS) is 10.7. The van der Waals surface area contributed by atoms with Crippen LogP contribution in [0.5, 0.6) is 0 Å². The Balaban J connectivity index is 2.02. The van der Waals surface area contributed by atoms with Crippen molar-refractivity contribution in [3.05, 3.63) is 53.2 Å². The Labute approximate surface area is 120 Å². The first-order valence-corrected chi connectivity index (χ1v) is 6.13. The first kappa shape index (κ1) is 14.4. The molecule has 21 heavy (non-hydrogen) atoms. The molecular formula is C14H13N3O4. The molecule has 1 aromatic heterocycles. The largest absolute Gasteiger partial charge is 0.478 e. The van der Waals surface area contributed by atoms with Crippen LogP contribution in [-0.4, -0.2) is 27.1 Å². The number of rotatable bonds is 5. The Morgan fingerprint density at radius 3 is 2.90 bits per heavy atom. The van der Waals surface area contributed by atoms with E-state index in [9.17, 15) is 9.59 Å². The van der Waals surface area contributed by atoms with E-state index in [1.807, 2.05) is 0 Å². The number of aryl methyl sites for hydroxylation is 1. The number of benzene rings is 1. The molecule has 0 saturated heterocycles. The molecule has 0 aliphatic heterocycles. The van der Waals surface area contributed by atoms with E-state index < -0.39 is 5.97 Å². The fraction of sp³-hybridized carbons (Fsp3) is 0.143. The maximum Gasteiger partial charge on any atom is 0.328 e. The summed E-state index contributed by atoms with van der Waals surface area (Å²) in [5.41, 5.74) is 1.04. The lowest BCUT2D eigenvalue weighted by Crippen LogP contribution is -2.23. The molecule has 1 aromatic carbocycles. The number of nitrogens with zero attached hydrogens (tertiary/aromatic N) is 2. The third kappa shape index (κ3) is 4.27. The standard InChI is InChI=1S/C14H13N3O4/c1-9-16-12(17-21-9)8-15-14(20)11-4-2-3-10(7-11)5-6-13(18)19/h2-7H,8H2,1H3,(H,15,20)(H,18,19)/b6-5+. The van der Waals surface area contributed by atoms with Gasteiger partial charge in [-0.3, -0.25) is 4.79 Å². The van der Waals surface area contributed by atoms with Gasteiger partial charge in [0.25, 0.3) is 5.91 Å². The molecule has 1 amide bonds. The van der Waals surface area contributed by atoms with Gasteiger partial charge in [0.05, 0.1) is 6.54 Å². The van der Waals surface area contributed by atoms with Gasteiger partial charge < -0.3 is 14.9 Å². The molecule has 108 valence electrons. The van der Waals surface area contributed by atoms with Gasteiger partial charge in [-0.1, -0.05) is 17.3 Å². The Kier molecular flexibility index (Phi) is 4.45. The molecule has 0 unspecified atom stereocenters. The van der Waals surface area contributed by atoms with Crippen molar-refractivity contribution in [3.63, 3.8) is 0 Å². The van der Waals surface area contributed by atoms with E-state index in [1.54, 1.807) is 31.2 Å². The maximum atomic E-state index is 12.0. The zero-order valence-corrected chi connectivity index (χ0v) is 11.2. The van der Waals surface area contributed by atoms with Crippen LogP contribution >= 0.6 is 0 Å². The van der Waals surface area contributed by atoms with Crippen LogP contribution in [0.2, 0.25) is 0 Å². The average Bonchev–Trinajstić information content (AvgIpc) is 2.88. The van der Waals surface area contributed by atoms with E-state index in [0.717, 1.165) is 6.08 Å². The van der Waals surface area contributed by atoms with Crippen molar-refractivity contribution in [2.24, 2.45) is 0 Å². The maximum absolute atomic E-state index is 12.0. The molecule has 2 rings (SSSR count). The van der Waals surface area contributed by atoms with Crippen molar-refractivity contribution in [2.75, 3.05) is 0 Å². The van der Waals surface area contributed by atoms with Gasteiger partial charge >= 0.3 is 5.97 Å². The molecule has 0 fully saturated rings. The molecule has 0 aliphatic carbocycles. The van der Waals surface area contributed by atoms with Crippen molar-refractivity contribution in [1.29, 1.82) is 0 Å². The van der Waals surface area contributed by atoms with Crippen molar-refractivity contribution in [3.8, 4) is 0 Å². The number of aliphatic carboxylic acids is 1. The summed E-state index contributed by atoms with van der Waals surface area (Å²) in [7, 11) is 0. The van der Waals surface area contributed by atoms with Crippen molar-refractivity contribution >= 4 is 18.0 Å². The lowest BCUT2D eigenvalue weighted by molar-refractivity contribution is -0.131. The molecule has 7 nitrogen and oxygen atoms in total. The number of carbonyl (C=O) groups is 2. The summed E-state index contributed by atoms with van der Waals surface area (Å²) in [6.07, 6.45) is 2.43. The average molecular weight is 287 g/mol. The Hall–Kier alpha value is -2.96. The van der Waals surface area contributed by atoms with Gasteiger partial charge in [0, 0.05) is 18.6 Å². The highest BCUT2D eigenvalue weighted by atomic mass is 16.5. The Bertz CT molecular complexity index is 691. The topological polar surface area (TPSA) is 105 Å². The lowest BCUT2D eigenvalue weighted by Gasteiger charge is -2.03. The summed E-state index contributed by atoms with van der Waals surface area (Å²) in [4.78, 5) is 26.4. The second-order valence-corrected chi connectivity index (χ2v) is 4.21. The molecule has 0 bridgehead atoms. The molecule has 0 atom stereocenters. The number of carbonyl (C=O) groups excluding carboxylic acids is 1. The smallest absolute Gasteiger partial charge is 0.328 e. The summed E-state index contributed by atoms with van der Waals surface area (Å²) in [5.74, 6) is -0.525. The molecule has 0 aliphatic rings. The number of carboxylic acid groups (broad SMARTS) is 1. The minimum atomic E-state index is -1.04.